The zero-order valence-electron chi connectivity index (χ0n) is 10.3. The van der Waals surface area contributed by atoms with Crippen LogP contribution in [-0.4, -0.2) is 9.55 Å². The number of aryl methyl sites for hydroxylation is 1. The van der Waals surface area contributed by atoms with Crippen molar-refractivity contribution in [2.45, 2.75) is 38.4 Å². The van der Waals surface area contributed by atoms with Crippen LogP contribution >= 0.6 is 0 Å². The minimum Gasteiger partial charge on any atom is -0.323 e. The van der Waals surface area contributed by atoms with Gasteiger partial charge in [-0.2, -0.15) is 13.2 Å². The molecule has 0 aliphatic heterocycles. The lowest BCUT2D eigenvalue weighted by Gasteiger charge is -2.28. The van der Waals surface area contributed by atoms with E-state index in [2.05, 4.69) is 4.98 Å². The standard InChI is InChI=1S/C13H12F4N2/c1-7-18-11-6-8(13(15,16)17)5-10(14)12(11)19(7)9-3-2-4-9/h5-6,9H,2-4H2,1H3. The molecule has 0 bridgehead atoms. The summed E-state index contributed by atoms with van der Waals surface area (Å²) in [6.45, 7) is 1.70. The van der Waals surface area contributed by atoms with Crippen molar-refractivity contribution in [2.75, 3.05) is 0 Å². The van der Waals surface area contributed by atoms with Crippen LogP contribution in [0.2, 0.25) is 0 Å². The highest BCUT2D eigenvalue weighted by Crippen LogP contribution is 2.38. The number of imidazole rings is 1. The van der Waals surface area contributed by atoms with Gasteiger partial charge in [0.25, 0.3) is 0 Å². The molecule has 0 amide bonds. The van der Waals surface area contributed by atoms with Gasteiger partial charge in [-0.1, -0.05) is 0 Å². The van der Waals surface area contributed by atoms with Gasteiger partial charge in [-0.05, 0) is 38.3 Å². The van der Waals surface area contributed by atoms with E-state index in [-0.39, 0.29) is 17.1 Å². The molecule has 2 aromatic rings. The van der Waals surface area contributed by atoms with E-state index in [1.54, 1.807) is 11.5 Å². The van der Waals surface area contributed by atoms with Gasteiger partial charge in [0.15, 0.2) is 0 Å². The first-order valence-corrected chi connectivity index (χ1v) is 6.13. The average Bonchev–Trinajstić information content (AvgIpc) is 2.52. The van der Waals surface area contributed by atoms with Crippen molar-refractivity contribution in [3.8, 4) is 0 Å². The molecule has 1 fully saturated rings. The molecular weight excluding hydrogens is 260 g/mol. The van der Waals surface area contributed by atoms with Crippen LogP contribution < -0.4 is 0 Å². The Hall–Kier alpha value is -1.59. The summed E-state index contributed by atoms with van der Waals surface area (Å²) in [5, 5.41) is 0. The van der Waals surface area contributed by atoms with Gasteiger partial charge in [-0.15, -0.1) is 0 Å². The van der Waals surface area contributed by atoms with Crippen molar-refractivity contribution in [3.63, 3.8) is 0 Å². The van der Waals surface area contributed by atoms with Gasteiger partial charge >= 0.3 is 6.18 Å². The van der Waals surface area contributed by atoms with Gasteiger partial charge in [0.05, 0.1) is 11.1 Å². The summed E-state index contributed by atoms with van der Waals surface area (Å²) in [7, 11) is 0. The molecule has 2 nitrogen and oxygen atoms in total. The van der Waals surface area contributed by atoms with Crippen molar-refractivity contribution < 1.29 is 17.6 Å². The summed E-state index contributed by atoms with van der Waals surface area (Å²) in [4.78, 5) is 4.07. The Morgan fingerprint density at radius 3 is 2.47 bits per heavy atom. The van der Waals surface area contributed by atoms with E-state index in [4.69, 9.17) is 0 Å². The fourth-order valence-electron chi connectivity index (χ4n) is 2.55. The first kappa shape index (κ1) is 12.4. The lowest BCUT2D eigenvalue weighted by molar-refractivity contribution is -0.137. The molecule has 3 rings (SSSR count). The molecule has 0 atom stereocenters. The normalized spacial score (nSPS) is 16.9. The molecule has 1 aliphatic carbocycles. The molecule has 0 saturated heterocycles. The molecule has 19 heavy (non-hydrogen) atoms. The molecular formula is C13H12F4N2. The zero-order chi connectivity index (χ0) is 13.8. The first-order chi connectivity index (χ1) is 8.88. The molecule has 1 aromatic heterocycles. The molecule has 0 spiro atoms. The second kappa shape index (κ2) is 3.95. The number of fused-ring (bicyclic) bond motifs is 1. The first-order valence-electron chi connectivity index (χ1n) is 6.13. The summed E-state index contributed by atoms with van der Waals surface area (Å²) in [6, 6.07) is 1.63. The van der Waals surface area contributed by atoms with E-state index in [1.165, 1.54) is 0 Å². The van der Waals surface area contributed by atoms with Crippen LogP contribution in [0.15, 0.2) is 12.1 Å². The molecule has 0 radical (unpaired) electrons. The van der Waals surface area contributed by atoms with Gasteiger partial charge in [0.1, 0.15) is 17.2 Å². The number of nitrogens with zero attached hydrogens (tertiary/aromatic N) is 2. The van der Waals surface area contributed by atoms with E-state index in [0.717, 1.165) is 25.3 Å². The highest BCUT2D eigenvalue weighted by atomic mass is 19.4. The van der Waals surface area contributed by atoms with Gasteiger partial charge < -0.3 is 4.57 Å². The van der Waals surface area contributed by atoms with Crippen LogP contribution in [0.25, 0.3) is 11.0 Å². The summed E-state index contributed by atoms with van der Waals surface area (Å²) < 4.78 is 53.7. The van der Waals surface area contributed by atoms with E-state index in [9.17, 15) is 17.6 Å². The average molecular weight is 272 g/mol. The third-order valence-corrected chi connectivity index (χ3v) is 3.68. The summed E-state index contributed by atoms with van der Waals surface area (Å²) in [5.74, 6) is -0.282. The van der Waals surface area contributed by atoms with E-state index >= 15 is 0 Å². The predicted octanol–water partition coefficient (Wildman–Crippen LogP) is 4.23. The maximum atomic E-state index is 14.0. The topological polar surface area (TPSA) is 17.8 Å². The molecule has 6 heteroatoms. The van der Waals surface area contributed by atoms with Crippen LogP contribution in [0.5, 0.6) is 0 Å². The Bertz CT molecular complexity index is 638. The van der Waals surface area contributed by atoms with Crippen LogP contribution in [0.1, 0.15) is 36.7 Å². The quantitative estimate of drug-likeness (QED) is 0.710. The number of rotatable bonds is 1. The Morgan fingerprint density at radius 1 is 1.26 bits per heavy atom. The molecule has 1 heterocycles. The van der Waals surface area contributed by atoms with Crippen molar-refractivity contribution >= 4 is 11.0 Å². The van der Waals surface area contributed by atoms with Gasteiger partial charge in [0, 0.05) is 6.04 Å². The minimum atomic E-state index is -4.55. The molecule has 0 N–H and O–H groups in total. The lowest BCUT2D eigenvalue weighted by Crippen LogP contribution is -2.18. The third kappa shape index (κ3) is 1.89. The summed E-state index contributed by atoms with van der Waals surface area (Å²) in [5.41, 5.74) is -0.720. The zero-order valence-corrected chi connectivity index (χ0v) is 10.3. The molecule has 102 valence electrons. The van der Waals surface area contributed by atoms with Crippen molar-refractivity contribution in [1.82, 2.24) is 9.55 Å². The maximum Gasteiger partial charge on any atom is 0.416 e. The second-order valence-corrected chi connectivity index (χ2v) is 4.94. The van der Waals surface area contributed by atoms with Crippen molar-refractivity contribution in [2.24, 2.45) is 0 Å². The third-order valence-electron chi connectivity index (χ3n) is 3.68. The second-order valence-electron chi connectivity index (χ2n) is 4.94. The van der Waals surface area contributed by atoms with E-state index < -0.39 is 17.6 Å². The largest absolute Gasteiger partial charge is 0.416 e. The Kier molecular flexibility index (Phi) is 2.59. The van der Waals surface area contributed by atoms with Gasteiger partial charge in [0.2, 0.25) is 0 Å². The predicted molar refractivity (Wildman–Crippen MR) is 62.3 cm³/mol. The SMILES string of the molecule is Cc1nc2cc(C(F)(F)F)cc(F)c2n1C1CCC1. The Morgan fingerprint density at radius 2 is 1.95 bits per heavy atom. The van der Waals surface area contributed by atoms with E-state index in [0.29, 0.717) is 11.9 Å². The monoisotopic (exact) mass is 272 g/mol. The number of halogens is 4. The summed E-state index contributed by atoms with van der Waals surface area (Å²) in [6.07, 6.45) is -1.64. The number of hydrogen-bond donors (Lipinski definition) is 0. The fraction of sp³-hybridized carbons (Fsp3) is 0.462. The van der Waals surface area contributed by atoms with Crippen LogP contribution in [0.3, 0.4) is 0 Å². The fourth-order valence-corrected chi connectivity index (χ4v) is 2.55. The number of aromatic nitrogens is 2. The Labute approximate surface area is 107 Å². The molecule has 0 unspecified atom stereocenters. The smallest absolute Gasteiger partial charge is 0.323 e. The number of hydrogen-bond acceptors (Lipinski definition) is 1. The van der Waals surface area contributed by atoms with Crippen LogP contribution in [0.4, 0.5) is 17.6 Å². The minimum absolute atomic E-state index is 0.0803. The summed E-state index contributed by atoms with van der Waals surface area (Å²) >= 11 is 0. The molecule has 1 aliphatic rings. The van der Waals surface area contributed by atoms with E-state index in [1.807, 2.05) is 0 Å². The highest BCUT2D eigenvalue weighted by Gasteiger charge is 2.33. The molecule has 1 saturated carbocycles. The number of benzene rings is 1. The lowest BCUT2D eigenvalue weighted by atomic mass is 9.92. The highest BCUT2D eigenvalue weighted by molar-refractivity contribution is 5.78. The maximum absolute atomic E-state index is 14.0. The number of alkyl halides is 3. The molecule has 1 aromatic carbocycles. The van der Waals surface area contributed by atoms with Gasteiger partial charge in [-0.3, -0.25) is 0 Å². The van der Waals surface area contributed by atoms with Gasteiger partial charge in [-0.25, -0.2) is 9.37 Å². The van der Waals surface area contributed by atoms with Crippen LogP contribution in [-0.2, 0) is 6.18 Å². The van der Waals surface area contributed by atoms with Crippen molar-refractivity contribution in [3.05, 3.63) is 29.3 Å². The van der Waals surface area contributed by atoms with Crippen LogP contribution in [0, 0.1) is 12.7 Å². The Balaban J connectivity index is 2.23. The van der Waals surface area contributed by atoms with Crippen molar-refractivity contribution in [1.29, 1.82) is 0 Å².